The standard InChI is InChI=1S/C27H42FN3O2.C6H6.CH2O2/c1-3-12-31(27(32)33-20-22-6-8-24(28)9-7-22)25-10-15-29(16-11-25)19-23-18-26(17-21(23)2)30-13-4-5-14-30;1-2-4-6-5-3-1;2-1-3/h6-9,21,23,25-26H,3-5,10-20H2,1-2H3;1-6H;1H,(H,2,3)/t21?,23-,26?;;/m1../s1. The summed E-state index contributed by atoms with van der Waals surface area (Å²) in [4.78, 5) is 28.5. The molecule has 42 heavy (non-hydrogen) atoms. The van der Waals surface area contributed by atoms with Crippen molar-refractivity contribution < 1.29 is 23.8 Å². The van der Waals surface area contributed by atoms with Crippen LogP contribution in [0.4, 0.5) is 9.18 Å². The van der Waals surface area contributed by atoms with Crippen molar-refractivity contribution in [1.29, 1.82) is 0 Å². The molecule has 3 aliphatic rings. The van der Waals surface area contributed by atoms with Gasteiger partial charge in [0.25, 0.3) is 6.47 Å². The topological polar surface area (TPSA) is 73.3 Å². The Morgan fingerprint density at radius 1 is 1.00 bits per heavy atom. The van der Waals surface area contributed by atoms with Crippen LogP contribution in [0, 0.1) is 17.7 Å². The highest BCUT2D eigenvalue weighted by Crippen LogP contribution is 2.37. The van der Waals surface area contributed by atoms with Crippen LogP contribution in [0.5, 0.6) is 0 Å². The molecule has 3 fully saturated rings. The highest BCUT2D eigenvalue weighted by Gasteiger charge is 2.37. The Balaban J connectivity index is 0.000000464. The van der Waals surface area contributed by atoms with Crippen LogP contribution < -0.4 is 0 Å². The van der Waals surface area contributed by atoms with Gasteiger partial charge in [0.1, 0.15) is 12.4 Å². The van der Waals surface area contributed by atoms with Crippen LogP contribution in [0.25, 0.3) is 0 Å². The lowest BCUT2D eigenvalue weighted by molar-refractivity contribution is -0.122. The molecular weight excluding hydrogens is 533 g/mol. The molecule has 0 radical (unpaired) electrons. The first-order valence-corrected chi connectivity index (χ1v) is 15.7. The summed E-state index contributed by atoms with van der Waals surface area (Å²) in [6.45, 7) is 11.2. The van der Waals surface area contributed by atoms with Crippen molar-refractivity contribution in [2.75, 3.05) is 39.3 Å². The average molecular weight is 584 g/mol. The van der Waals surface area contributed by atoms with E-state index < -0.39 is 0 Å². The molecule has 5 rings (SSSR count). The summed E-state index contributed by atoms with van der Waals surface area (Å²) < 4.78 is 18.7. The number of rotatable bonds is 8. The molecule has 1 aliphatic carbocycles. The van der Waals surface area contributed by atoms with Crippen LogP contribution in [-0.2, 0) is 16.1 Å². The van der Waals surface area contributed by atoms with Gasteiger partial charge in [-0.25, -0.2) is 9.18 Å². The molecule has 0 aromatic heterocycles. The lowest BCUT2D eigenvalue weighted by atomic mass is 9.95. The van der Waals surface area contributed by atoms with Crippen LogP contribution in [0.1, 0.15) is 64.4 Å². The number of halogens is 1. The Kier molecular flexibility index (Phi) is 14.8. The zero-order valence-electron chi connectivity index (χ0n) is 25.5. The normalized spacial score (nSPS) is 22.8. The van der Waals surface area contributed by atoms with Gasteiger partial charge in [-0.2, -0.15) is 0 Å². The fourth-order valence-electron chi connectivity index (χ4n) is 6.56. The lowest BCUT2D eigenvalue weighted by Crippen LogP contribution is -2.48. The van der Waals surface area contributed by atoms with Gasteiger partial charge < -0.3 is 24.5 Å². The minimum atomic E-state index is -0.275. The third-order valence-electron chi connectivity index (χ3n) is 8.81. The molecule has 2 saturated heterocycles. The molecule has 1 amide bonds. The van der Waals surface area contributed by atoms with E-state index in [0.717, 1.165) is 62.3 Å². The summed E-state index contributed by atoms with van der Waals surface area (Å²) in [5.74, 6) is 1.34. The second-order valence-electron chi connectivity index (χ2n) is 11.8. The maximum Gasteiger partial charge on any atom is 0.410 e. The summed E-state index contributed by atoms with van der Waals surface area (Å²) >= 11 is 0. The molecule has 2 heterocycles. The van der Waals surface area contributed by atoms with E-state index in [9.17, 15) is 9.18 Å². The first-order valence-electron chi connectivity index (χ1n) is 15.7. The van der Waals surface area contributed by atoms with Crippen molar-refractivity contribution in [3.63, 3.8) is 0 Å². The molecule has 2 aromatic carbocycles. The lowest BCUT2D eigenvalue weighted by Gasteiger charge is -2.39. The Hall–Kier alpha value is -2.97. The molecule has 8 heteroatoms. The first kappa shape index (κ1) is 33.5. The SMILES string of the molecule is CCCN(C(=O)OCc1ccc(F)cc1)C1CCN(C[C@H]2CC(N3CCCC3)CC2C)CC1.O=CO.c1ccccc1. The predicted molar refractivity (Wildman–Crippen MR) is 165 cm³/mol. The van der Waals surface area contributed by atoms with Crippen LogP contribution in [-0.4, -0.2) is 83.7 Å². The number of carbonyl (C=O) groups excluding carboxylic acids is 1. The van der Waals surface area contributed by atoms with Crippen LogP contribution in [0.15, 0.2) is 60.7 Å². The van der Waals surface area contributed by atoms with Gasteiger partial charge in [0.05, 0.1) is 0 Å². The van der Waals surface area contributed by atoms with Gasteiger partial charge in [-0.05, 0) is 87.6 Å². The molecule has 232 valence electrons. The molecule has 1 N–H and O–H groups in total. The highest BCUT2D eigenvalue weighted by molar-refractivity contribution is 5.68. The van der Waals surface area contributed by atoms with Gasteiger partial charge in [-0.15, -0.1) is 0 Å². The monoisotopic (exact) mass is 583 g/mol. The van der Waals surface area contributed by atoms with Crippen molar-refractivity contribution in [3.05, 3.63) is 72.0 Å². The molecule has 0 bridgehead atoms. The smallest absolute Gasteiger partial charge is 0.410 e. The molecule has 7 nitrogen and oxygen atoms in total. The van der Waals surface area contributed by atoms with E-state index in [1.807, 2.05) is 41.3 Å². The molecular formula is C34H50FN3O4. The number of ether oxygens (including phenoxy) is 1. The zero-order valence-corrected chi connectivity index (χ0v) is 25.5. The Labute approximate surface area is 251 Å². The summed E-state index contributed by atoms with van der Waals surface area (Å²) in [6.07, 6.45) is 8.20. The van der Waals surface area contributed by atoms with Gasteiger partial charge >= 0.3 is 6.09 Å². The van der Waals surface area contributed by atoms with Gasteiger partial charge in [-0.3, -0.25) is 4.79 Å². The average Bonchev–Trinajstić information content (AvgIpc) is 3.68. The molecule has 2 unspecified atom stereocenters. The van der Waals surface area contributed by atoms with Crippen molar-refractivity contribution in [2.24, 2.45) is 11.8 Å². The number of carbonyl (C=O) groups is 2. The van der Waals surface area contributed by atoms with Gasteiger partial charge in [0.2, 0.25) is 0 Å². The minimum absolute atomic E-state index is 0.190. The minimum Gasteiger partial charge on any atom is -0.483 e. The number of hydrogen-bond donors (Lipinski definition) is 1. The van der Waals surface area contributed by atoms with E-state index in [2.05, 4.69) is 23.6 Å². The van der Waals surface area contributed by atoms with E-state index in [4.69, 9.17) is 14.6 Å². The fraction of sp³-hybridized carbons (Fsp3) is 0.588. The molecule has 2 aromatic rings. The van der Waals surface area contributed by atoms with E-state index in [0.29, 0.717) is 0 Å². The number of benzene rings is 2. The fourth-order valence-corrected chi connectivity index (χ4v) is 6.56. The van der Waals surface area contributed by atoms with Crippen LogP contribution >= 0.6 is 0 Å². The maximum absolute atomic E-state index is 13.1. The summed E-state index contributed by atoms with van der Waals surface area (Å²) in [5.41, 5.74) is 0.814. The second-order valence-corrected chi connectivity index (χ2v) is 11.8. The van der Waals surface area contributed by atoms with Gasteiger partial charge in [0.15, 0.2) is 0 Å². The Morgan fingerprint density at radius 3 is 2.12 bits per heavy atom. The van der Waals surface area contributed by atoms with Crippen LogP contribution in [0.2, 0.25) is 0 Å². The van der Waals surface area contributed by atoms with E-state index in [1.165, 1.54) is 57.5 Å². The number of nitrogens with zero attached hydrogens (tertiary/aromatic N) is 3. The molecule has 2 aliphatic heterocycles. The van der Waals surface area contributed by atoms with Crippen molar-refractivity contribution in [2.45, 2.75) is 77.5 Å². The van der Waals surface area contributed by atoms with Crippen LogP contribution in [0.3, 0.4) is 0 Å². The highest BCUT2D eigenvalue weighted by atomic mass is 19.1. The zero-order chi connectivity index (χ0) is 30.2. The summed E-state index contributed by atoms with van der Waals surface area (Å²) in [5, 5.41) is 6.89. The Bertz CT molecular complexity index is 984. The van der Waals surface area contributed by atoms with Crippen molar-refractivity contribution in [1.82, 2.24) is 14.7 Å². The molecule has 3 atom stereocenters. The first-order chi connectivity index (χ1) is 20.4. The van der Waals surface area contributed by atoms with Gasteiger partial charge in [0, 0.05) is 38.3 Å². The third-order valence-corrected chi connectivity index (χ3v) is 8.81. The second kappa shape index (κ2) is 18.5. The Morgan fingerprint density at radius 2 is 1.57 bits per heavy atom. The van der Waals surface area contributed by atoms with Gasteiger partial charge in [-0.1, -0.05) is 62.4 Å². The number of hydrogen-bond acceptors (Lipinski definition) is 5. The van der Waals surface area contributed by atoms with E-state index in [-0.39, 0.29) is 31.0 Å². The number of carboxylic acid groups (broad SMARTS) is 1. The molecule has 1 saturated carbocycles. The largest absolute Gasteiger partial charge is 0.483 e. The quantitative estimate of drug-likeness (QED) is 0.356. The molecule has 0 spiro atoms. The number of amides is 1. The van der Waals surface area contributed by atoms with E-state index >= 15 is 0 Å². The number of piperidine rings is 1. The van der Waals surface area contributed by atoms with E-state index in [1.54, 1.807) is 12.1 Å². The number of likely N-dealkylation sites (tertiary alicyclic amines) is 2. The van der Waals surface area contributed by atoms with Crippen molar-refractivity contribution >= 4 is 12.6 Å². The predicted octanol–water partition coefficient (Wildman–Crippen LogP) is 6.54. The maximum atomic E-state index is 13.1. The summed E-state index contributed by atoms with van der Waals surface area (Å²) in [7, 11) is 0. The third kappa shape index (κ3) is 11.0. The van der Waals surface area contributed by atoms with Crippen molar-refractivity contribution in [3.8, 4) is 0 Å². The summed E-state index contributed by atoms with van der Waals surface area (Å²) in [6, 6.07) is 19.2.